The Morgan fingerprint density at radius 1 is 1.11 bits per heavy atom. The van der Waals surface area contributed by atoms with Crippen molar-refractivity contribution in [3.63, 3.8) is 0 Å². The van der Waals surface area contributed by atoms with Crippen molar-refractivity contribution in [2.24, 2.45) is 29.6 Å². The lowest BCUT2D eigenvalue weighted by Crippen LogP contribution is -2.34. The maximum absolute atomic E-state index is 3.70. The standard InChI is InChI=1S/C18H37N/c1-6-7-15(4)10-18-11-16(5)8-9-17(18)13-19-12-14(2)3/h14-19H,6-13H2,1-5H3. The summed E-state index contributed by atoms with van der Waals surface area (Å²) >= 11 is 0. The van der Waals surface area contributed by atoms with Crippen molar-refractivity contribution in [3.05, 3.63) is 0 Å². The van der Waals surface area contributed by atoms with Crippen molar-refractivity contribution in [1.29, 1.82) is 0 Å². The summed E-state index contributed by atoms with van der Waals surface area (Å²) in [5, 5.41) is 3.70. The predicted molar refractivity (Wildman–Crippen MR) is 86.4 cm³/mol. The van der Waals surface area contributed by atoms with Gasteiger partial charge >= 0.3 is 0 Å². The van der Waals surface area contributed by atoms with Gasteiger partial charge in [0.05, 0.1) is 0 Å². The Kier molecular flexibility index (Phi) is 8.06. The summed E-state index contributed by atoms with van der Waals surface area (Å²) in [4.78, 5) is 0. The molecule has 0 aromatic carbocycles. The monoisotopic (exact) mass is 267 g/mol. The molecule has 0 saturated heterocycles. The highest BCUT2D eigenvalue weighted by atomic mass is 14.9. The van der Waals surface area contributed by atoms with Crippen LogP contribution in [0, 0.1) is 29.6 Å². The van der Waals surface area contributed by atoms with Gasteiger partial charge in [-0.3, -0.25) is 0 Å². The summed E-state index contributed by atoms with van der Waals surface area (Å²) in [6, 6.07) is 0. The largest absolute Gasteiger partial charge is 0.316 e. The molecule has 1 aliphatic carbocycles. The van der Waals surface area contributed by atoms with Crippen molar-refractivity contribution < 1.29 is 0 Å². The van der Waals surface area contributed by atoms with Crippen LogP contribution < -0.4 is 5.32 Å². The highest BCUT2D eigenvalue weighted by molar-refractivity contribution is 4.81. The molecule has 1 saturated carbocycles. The summed E-state index contributed by atoms with van der Waals surface area (Å²) < 4.78 is 0. The molecule has 1 N–H and O–H groups in total. The van der Waals surface area contributed by atoms with E-state index in [1.54, 1.807) is 0 Å². The van der Waals surface area contributed by atoms with E-state index in [2.05, 4.69) is 39.9 Å². The van der Waals surface area contributed by atoms with Crippen LogP contribution in [0.1, 0.15) is 73.1 Å². The van der Waals surface area contributed by atoms with E-state index < -0.39 is 0 Å². The maximum atomic E-state index is 3.70. The van der Waals surface area contributed by atoms with Gasteiger partial charge < -0.3 is 5.32 Å². The molecule has 0 heterocycles. The third-order valence-electron chi connectivity index (χ3n) is 4.85. The lowest BCUT2D eigenvalue weighted by atomic mass is 9.71. The van der Waals surface area contributed by atoms with Gasteiger partial charge in [0.2, 0.25) is 0 Å². The van der Waals surface area contributed by atoms with Crippen molar-refractivity contribution in [1.82, 2.24) is 5.32 Å². The second-order valence-corrected chi connectivity index (χ2v) is 7.62. The van der Waals surface area contributed by atoms with Gasteiger partial charge in [-0.2, -0.15) is 0 Å². The summed E-state index contributed by atoms with van der Waals surface area (Å²) in [5.41, 5.74) is 0. The summed E-state index contributed by atoms with van der Waals surface area (Å²) in [7, 11) is 0. The van der Waals surface area contributed by atoms with Crippen molar-refractivity contribution in [2.45, 2.75) is 73.1 Å². The Hall–Kier alpha value is -0.0400. The molecule has 0 amide bonds. The van der Waals surface area contributed by atoms with E-state index in [0.717, 1.165) is 29.6 Å². The van der Waals surface area contributed by atoms with Gasteiger partial charge in [0.25, 0.3) is 0 Å². The topological polar surface area (TPSA) is 12.0 Å². The lowest BCUT2D eigenvalue weighted by Gasteiger charge is -2.36. The van der Waals surface area contributed by atoms with E-state index in [0.29, 0.717) is 0 Å². The number of hydrogen-bond donors (Lipinski definition) is 1. The molecule has 0 bridgehead atoms. The molecule has 1 rings (SSSR count). The average Bonchev–Trinajstić information content (AvgIpc) is 2.31. The van der Waals surface area contributed by atoms with E-state index in [9.17, 15) is 0 Å². The first kappa shape index (κ1) is 17.0. The SMILES string of the molecule is CCCC(C)CC1CC(C)CCC1CNCC(C)C. The smallest absolute Gasteiger partial charge is 0.00178 e. The van der Waals surface area contributed by atoms with Crippen molar-refractivity contribution in [3.8, 4) is 0 Å². The number of hydrogen-bond acceptors (Lipinski definition) is 1. The predicted octanol–water partition coefficient (Wildman–Crippen LogP) is 5.11. The third-order valence-corrected chi connectivity index (χ3v) is 4.85. The fraction of sp³-hybridized carbons (Fsp3) is 1.00. The fourth-order valence-corrected chi connectivity index (χ4v) is 3.80. The van der Waals surface area contributed by atoms with E-state index >= 15 is 0 Å². The first-order valence-corrected chi connectivity index (χ1v) is 8.73. The molecular weight excluding hydrogens is 230 g/mol. The van der Waals surface area contributed by atoms with E-state index in [1.165, 1.54) is 51.6 Å². The molecule has 4 atom stereocenters. The van der Waals surface area contributed by atoms with Crippen LogP contribution >= 0.6 is 0 Å². The Labute approximate surface area is 121 Å². The summed E-state index contributed by atoms with van der Waals surface area (Å²) in [6.45, 7) is 14.3. The van der Waals surface area contributed by atoms with Gasteiger partial charge in [0.15, 0.2) is 0 Å². The first-order chi connectivity index (χ1) is 9.02. The molecule has 1 heteroatoms. The van der Waals surface area contributed by atoms with Gasteiger partial charge in [0.1, 0.15) is 0 Å². The van der Waals surface area contributed by atoms with Gasteiger partial charge in [-0.15, -0.1) is 0 Å². The quantitative estimate of drug-likeness (QED) is 0.644. The van der Waals surface area contributed by atoms with Crippen LogP contribution in [0.15, 0.2) is 0 Å². The average molecular weight is 268 g/mol. The molecule has 4 unspecified atom stereocenters. The van der Waals surface area contributed by atoms with E-state index in [1.807, 2.05) is 0 Å². The van der Waals surface area contributed by atoms with Gasteiger partial charge in [-0.25, -0.2) is 0 Å². The maximum Gasteiger partial charge on any atom is -0.00178 e. The Bertz CT molecular complexity index is 224. The minimum absolute atomic E-state index is 0.778. The third kappa shape index (κ3) is 6.79. The van der Waals surface area contributed by atoms with Crippen LogP contribution in [0.4, 0.5) is 0 Å². The van der Waals surface area contributed by atoms with Crippen molar-refractivity contribution >= 4 is 0 Å². The zero-order valence-corrected chi connectivity index (χ0v) is 14.0. The first-order valence-electron chi connectivity index (χ1n) is 8.73. The number of nitrogens with one attached hydrogen (secondary N) is 1. The molecule has 19 heavy (non-hydrogen) atoms. The van der Waals surface area contributed by atoms with Crippen LogP contribution in [0.25, 0.3) is 0 Å². The Balaban J connectivity index is 2.40. The molecule has 1 aliphatic rings. The van der Waals surface area contributed by atoms with Gasteiger partial charge in [-0.1, -0.05) is 53.9 Å². The van der Waals surface area contributed by atoms with E-state index in [4.69, 9.17) is 0 Å². The highest BCUT2D eigenvalue weighted by Crippen LogP contribution is 2.37. The van der Waals surface area contributed by atoms with Crippen LogP contribution in [0.3, 0.4) is 0 Å². The minimum atomic E-state index is 0.778. The summed E-state index contributed by atoms with van der Waals surface area (Å²) in [6.07, 6.45) is 8.60. The molecule has 0 aliphatic heterocycles. The normalized spacial score (nSPS) is 29.7. The lowest BCUT2D eigenvalue weighted by molar-refractivity contribution is 0.154. The zero-order chi connectivity index (χ0) is 14.3. The molecule has 0 radical (unpaired) electrons. The molecular formula is C18H37N. The molecule has 114 valence electrons. The molecule has 1 nitrogen and oxygen atoms in total. The van der Waals surface area contributed by atoms with Crippen LogP contribution in [0.5, 0.6) is 0 Å². The molecule has 0 aromatic rings. The zero-order valence-electron chi connectivity index (χ0n) is 14.0. The minimum Gasteiger partial charge on any atom is -0.316 e. The van der Waals surface area contributed by atoms with Crippen LogP contribution in [-0.4, -0.2) is 13.1 Å². The van der Waals surface area contributed by atoms with Crippen LogP contribution in [0.2, 0.25) is 0 Å². The number of rotatable bonds is 8. The summed E-state index contributed by atoms with van der Waals surface area (Å²) in [5.74, 6) is 4.58. The Morgan fingerprint density at radius 2 is 1.84 bits per heavy atom. The Morgan fingerprint density at radius 3 is 2.47 bits per heavy atom. The molecule has 0 aromatic heterocycles. The molecule has 0 spiro atoms. The van der Waals surface area contributed by atoms with Gasteiger partial charge in [0, 0.05) is 0 Å². The highest BCUT2D eigenvalue weighted by Gasteiger charge is 2.29. The second kappa shape index (κ2) is 9.00. The molecule has 1 fully saturated rings. The fourth-order valence-electron chi connectivity index (χ4n) is 3.80. The van der Waals surface area contributed by atoms with E-state index in [-0.39, 0.29) is 0 Å². The van der Waals surface area contributed by atoms with Crippen LogP contribution in [-0.2, 0) is 0 Å². The second-order valence-electron chi connectivity index (χ2n) is 7.62. The van der Waals surface area contributed by atoms with Crippen molar-refractivity contribution in [2.75, 3.05) is 13.1 Å². The van der Waals surface area contributed by atoms with Gasteiger partial charge in [-0.05, 0) is 61.9 Å².